The van der Waals surface area contributed by atoms with Gasteiger partial charge in [0.15, 0.2) is 0 Å². The molecule has 0 aliphatic heterocycles. The van der Waals surface area contributed by atoms with Crippen LogP contribution in [0.2, 0.25) is 0 Å². The van der Waals surface area contributed by atoms with Crippen LogP contribution in [0.4, 0.5) is 0 Å². The average molecular weight is 129 g/mol. The first-order valence-corrected chi connectivity index (χ1v) is 4.03. The summed E-state index contributed by atoms with van der Waals surface area (Å²) >= 11 is 0. The van der Waals surface area contributed by atoms with E-state index in [0.717, 1.165) is 0 Å². The van der Waals surface area contributed by atoms with Crippen LogP contribution in [0.15, 0.2) is 0 Å². The molecule has 0 saturated carbocycles. The van der Waals surface area contributed by atoms with Crippen molar-refractivity contribution in [2.45, 2.75) is 52.0 Å². The standard InChI is InChI=1S/C8H19N/c1-3-4-5-6-7-8(2)9/h8H,3-7,9H2,1-2H3/t8-/m0/s1. The molecule has 0 unspecified atom stereocenters. The highest BCUT2D eigenvalue weighted by molar-refractivity contribution is 4.52. The van der Waals surface area contributed by atoms with Gasteiger partial charge in [0.25, 0.3) is 0 Å². The van der Waals surface area contributed by atoms with Crippen LogP contribution >= 0.6 is 0 Å². The third-order valence-electron chi connectivity index (χ3n) is 1.51. The quantitative estimate of drug-likeness (QED) is 0.566. The molecule has 1 nitrogen and oxygen atoms in total. The van der Waals surface area contributed by atoms with Crippen LogP contribution in [0.5, 0.6) is 0 Å². The van der Waals surface area contributed by atoms with Gasteiger partial charge in [-0.2, -0.15) is 0 Å². The molecule has 0 fully saturated rings. The Labute approximate surface area is 58.6 Å². The maximum Gasteiger partial charge on any atom is 0.00104 e. The predicted molar refractivity (Wildman–Crippen MR) is 42.4 cm³/mol. The third kappa shape index (κ3) is 7.96. The first-order chi connectivity index (χ1) is 4.27. The molecule has 0 amide bonds. The van der Waals surface area contributed by atoms with E-state index in [-0.39, 0.29) is 0 Å². The van der Waals surface area contributed by atoms with Gasteiger partial charge < -0.3 is 5.73 Å². The molecule has 0 aromatic rings. The molecule has 56 valence electrons. The van der Waals surface area contributed by atoms with Crippen molar-refractivity contribution < 1.29 is 0 Å². The summed E-state index contributed by atoms with van der Waals surface area (Å²) < 4.78 is 0. The fourth-order valence-corrected chi connectivity index (χ4v) is 0.893. The van der Waals surface area contributed by atoms with Crippen LogP contribution in [-0.4, -0.2) is 6.04 Å². The van der Waals surface area contributed by atoms with Crippen molar-refractivity contribution in [2.75, 3.05) is 0 Å². The van der Waals surface area contributed by atoms with Crippen molar-refractivity contribution >= 4 is 0 Å². The van der Waals surface area contributed by atoms with Gasteiger partial charge in [-0.3, -0.25) is 0 Å². The normalized spacial score (nSPS) is 13.7. The van der Waals surface area contributed by atoms with Gasteiger partial charge in [0.05, 0.1) is 0 Å². The number of hydrogen-bond donors (Lipinski definition) is 1. The zero-order valence-corrected chi connectivity index (χ0v) is 6.69. The van der Waals surface area contributed by atoms with Crippen molar-refractivity contribution in [3.63, 3.8) is 0 Å². The molecule has 0 aromatic carbocycles. The molecule has 0 aliphatic rings. The maximum absolute atomic E-state index is 5.57. The molecule has 0 rings (SSSR count). The zero-order chi connectivity index (χ0) is 7.11. The van der Waals surface area contributed by atoms with E-state index < -0.39 is 0 Å². The van der Waals surface area contributed by atoms with Crippen LogP contribution in [0.25, 0.3) is 0 Å². The minimum atomic E-state index is 0.404. The van der Waals surface area contributed by atoms with Gasteiger partial charge in [-0.25, -0.2) is 0 Å². The largest absolute Gasteiger partial charge is 0.328 e. The molecule has 1 atom stereocenters. The topological polar surface area (TPSA) is 26.0 Å². The molecule has 0 aromatic heterocycles. The summed E-state index contributed by atoms with van der Waals surface area (Å²) in [6, 6.07) is 0.404. The van der Waals surface area contributed by atoms with Crippen molar-refractivity contribution in [2.24, 2.45) is 5.73 Å². The second kappa shape index (κ2) is 6.09. The second-order valence-corrected chi connectivity index (χ2v) is 2.83. The molecule has 0 spiro atoms. The number of hydrogen-bond acceptors (Lipinski definition) is 1. The Morgan fingerprint density at radius 3 is 2.33 bits per heavy atom. The summed E-state index contributed by atoms with van der Waals surface area (Å²) in [5.74, 6) is 0. The van der Waals surface area contributed by atoms with Crippen molar-refractivity contribution in [3.05, 3.63) is 0 Å². The maximum atomic E-state index is 5.57. The molecule has 9 heavy (non-hydrogen) atoms. The molecule has 1 heteroatoms. The molecule has 0 radical (unpaired) electrons. The highest BCUT2D eigenvalue weighted by Gasteiger charge is 1.91. The molecular formula is C8H19N. The van der Waals surface area contributed by atoms with Crippen molar-refractivity contribution in [3.8, 4) is 0 Å². The minimum absolute atomic E-state index is 0.404. The smallest absolute Gasteiger partial charge is 0.00104 e. The van der Waals surface area contributed by atoms with E-state index in [1.165, 1.54) is 32.1 Å². The second-order valence-electron chi connectivity index (χ2n) is 2.83. The Morgan fingerprint density at radius 2 is 1.89 bits per heavy atom. The highest BCUT2D eigenvalue weighted by Crippen LogP contribution is 2.03. The minimum Gasteiger partial charge on any atom is -0.328 e. The fraction of sp³-hybridized carbons (Fsp3) is 1.00. The van der Waals surface area contributed by atoms with E-state index in [1.807, 2.05) is 0 Å². The Hall–Kier alpha value is -0.0400. The number of rotatable bonds is 5. The van der Waals surface area contributed by atoms with E-state index in [0.29, 0.717) is 6.04 Å². The Kier molecular flexibility index (Phi) is 6.06. The summed E-state index contributed by atoms with van der Waals surface area (Å²) in [5, 5.41) is 0. The summed E-state index contributed by atoms with van der Waals surface area (Å²) in [5.41, 5.74) is 5.57. The average Bonchev–Trinajstić information content (AvgIpc) is 1.80. The van der Waals surface area contributed by atoms with Gasteiger partial charge in [-0.05, 0) is 13.3 Å². The van der Waals surface area contributed by atoms with Gasteiger partial charge in [0.2, 0.25) is 0 Å². The lowest BCUT2D eigenvalue weighted by molar-refractivity contribution is 0.575. The summed E-state index contributed by atoms with van der Waals surface area (Å²) in [6.07, 6.45) is 6.55. The number of nitrogens with two attached hydrogens (primary N) is 1. The van der Waals surface area contributed by atoms with Crippen LogP contribution in [0.1, 0.15) is 46.0 Å². The predicted octanol–water partition coefficient (Wildman–Crippen LogP) is 2.30. The van der Waals surface area contributed by atoms with E-state index in [4.69, 9.17) is 5.73 Å². The van der Waals surface area contributed by atoms with Crippen LogP contribution in [0, 0.1) is 0 Å². The van der Waals surface area contributed by atoms with Crippen molar-refractivity contribution in [1.29, 1.82) is 0 Å². The van der Waals surface area contributed by atoms with Crippen LogP contribution in [0.3, 0.4) is 0 Å². The highest BCUT2D eigenvalue weighted by atomic mass is 14.6. The monoisotopic (exact) mass is 129 g/mol. The first kappa shape index (κ1) is 8.96. The van der Waals surface area contributed by atoms with E-state index in [1.54, 1.807) is 0 Å². The molecule has 0 aliphatic carbocycles. The van der Waals surface area contributed by atoms with E-state index >= 15 is 0 Å². The third-order valence-corrected chi connectivity index (χ3v) is 1.51. The van der Waals surface area contributed by atoms with E-state index in [9.17, 15) is 0 Å². The van der Waals surface area contributed by atoms with Gasteiger partial charge in [0.1, 0.15) is 0 Å². The lowest BCUT2D eigenvalue weighted by Crippen LogP contribution is -2.13. The van der Waals surface area contributed by atoms with Gasteiger partial charge >= 0.3 is 0 Å². The molecule has 0 heterocycles. The van der Waals surface area contributed by atoms with Gasteiger partial charge in [-0.1, -0.05) is 32.6 Å². The summed E-state index contributed by atoms with van der Waals surface area (Å²) in [7, 11) is 0. The lowest BCUT2D eigenvalue weighted by atomic mass is 10.1. The van der Waals surface area contributed by atoms with Crippen LogP contribution in [-0.2, 0) is 0 Å². The Balaban J connectivity index is 2.75. The lowest BCUT2D eigenvalue weighted by Gasteiger charge is -2.02. The fourth-order valence-electron chi connectivity index (χ4n) is 0.893. The van der Waals surface area contributed by atoms with Gasteiger partial charge in [0, 0.05) is 6.04 Å². The molecule has 0 saturated heterocycles. The van der Waals surface area contributed by atoms with Gasteiger partial charge in [-0.15, -0.1) is 0 Å². The summed E-state index contributed by atoms with van der Waals surface area (Å²) in [4.78, 5) is 0. The first-order valence-electron chi connectivity index (χ1n) is 4.03. The van der Waals surface area contributed by atoms with E-state index in [2.05, 4.69) is 13.8 Å². The zero-order valence-electron chi connectivity index (χ0n) is 6.69. The summed E-state index contributed by atoms with van der Waals surface area (Å²) in [6.45, 7) is 4.30. The van der Waals surface area contributed by atoms with Crippen LogP contribution < -0.4 is 5.73 Å². The SMILES string of the molecule is CCCCCC[C@H](C)N. The Morgan fingerprint density at radius 1 is 1.22 bits per heavy atom. The molecule has 0 bridgehead atoms. The van der Waals surface area contributed by atoms with Crippen molar-refractivity contribution in [1.82, 2.24) is 0 Å². The Bertz CT molecular complexity index is 50.5. The molecular weight excluding hydrogens is 110 g/mol. The molecule has 2 N–H and O–H groups in total. The number of unbranched alkanes of at least 4 members (excludes halogenated alkanes) is 3.